The average Bonchev–Trinajstić information content (AvgIpc) is 2.27. The van der Waals surface area contributed by atoms with Crippen LogP contribution in [0.5, 0.6) is 5.75 Å². The molecule has 0 aromatic heterocycles. The number of rotatable bonds is 3. The third-order valence-electron chi connectivity index (χ3n) is 3.26. The van der Waals surface area contributed by atoms with Crippen molar-refractivity contribution in [1.82, 2.24) is 10.2 Å². The van der Waals surface area contributed by atoms with E-state index in [9.17, 15) is 0 Å². The molecule has 0 bridgehead atoms. The van der Waals surface area contributed by atoms with Crippen LogP contribution in [0.4, 0.5) is 0 Å². The zero-order chi connectivity index (χ0) is 13.1. The van der Waals surface area contributed by atoms with Gasteiger partial charge in [-0.15, -0.1) is 12.4 Å². The number of piperazine rings is 1. The Bertz CT molecular complexity index is 406. The number of hydrogen-bond acceptors (Lipinski definition) is 3. The molecule has 0 aliphatic carbocycles. The van der Waals surface area contributed by atoms with E-state index in [2.05, 4.69) is 52.1 Å². The SMILES string of the molecule is COc1ccc(CN2CC(C)NC(C)C2)cc1Br.Cl. The first-order valence-corrected chi connectivity index (χ1v) is 7.18. The lowest BCUT2D eigenvalue weighted by molar-refractivity contribution is 0.166. The van der Waals surface area contributed by atoms with Crippen LogP contribution >= 0.6 is 28.3 Å². The third kappa shape index (κ3) is 4.63. The zero-order valence-corrected chi connectivity index (χ0v) is 14.1. The molecule has 1 aliphatic heterocycles. The van der Waals surface area contributed by atoms with Crippen molar-refractivity contribution in [3.8, 4) is 5.75 Å². The van der Waals surface area contributed by atoms with Crippen LogP contribution in [0.15, 0.2) is 22.7 Å². The topological polar surface area (TPSA) is 24.5 Å². The largest absolute Gasteiger partial charge is 0.496 e. The van der Waals surface area contributed by atoms with Gasteiger partial charge in [0.2, 0.25) is 0 Å². The fraction of sp³-hybridized carbons (Fsp3) is 0.571. The van der Waals surface area contributed by atoms with Crippen molar-refractivity contribution in [2.45, 2.75) is 32.5 Å². The van der Waals surface area contributed by atoms with Gasteiger partial charge in [-0.1, -0.05) is 6.07 Å². The Balaban J connectivity index is 0.00000180. The second-order valence-corrected chi connectivity index (χ2v) is 5.99. The number of nitrogens with one attached hydrogen (secondary N) is 1. The van der Waals surface area contributed by atoms with Gasteiger partial charge in [-0.25, -0.2) is 0 Å². The molecule has 19 heavy (non-hydrogen) atoms. The van der Waals surface area contributed by atoms with Crippen LogP contribution in [-0.4, -0.2) is 37.2 Å². The lowest BCUT2D eigenvalue weighted by Gasteiger charge is -2.36. The third-order valence-corrected chi connectivity index (χ3v) is 3.88. The fourth-order valence-electron chi connectivity index (χ4n) is 2.64. The Kier molecular flexibility index (Phi) is 6.60. The maximum atomic E-state index is 5.25. The standard InChI is InChI=1S/C14H21BrN2O.ClH/c1-10-7-17(8-11(2)16-10)9-12-4-5-14(18-3)13(15)6-12;/h4-6,10-11,16H,7-9H2,1-3H3;1H. The van der Waals surface area contributed by atoms with Gasteiger partial charge in [0.05, 0.1) is 11.6 Å². The van der Waals surface area contributed by atoms with Gasteiger partial charge in [-0.2, -0.15) is 0 Å². The van der Waals surface area contributed by atoms with Crippen LogP contribution in [0.2, 0.25) is 0 Å². The molecule has 1 saturated heterocycles. The van der Waals surface area contributed by atoms with Gasteiger partial charge >= 0.3 is 0 Å². The Morgan fingerprint density at radius 1 is 1.32 bits per heavy atom. The molecule has 1 aliphatic rings. The van der Waals surface area contributed by atoms with E-state index in [4.69, 9.17) is 4.74 Å². The quantitative estimate of drug-likeness (QED) is 0.907. The number of halogens is 2. The van der Waals surface area contributed by atoms with Crippen molar-refractivity contribution in [3.63, 3.8) is 0 Å². The van der Waals surface area contributed by atoms with E-state index >= 15 is 0 Å². The fourth-order valence-corrected chi connectivity index (χ4v) is 3.22. The van der Waals surface area contributed by atoms with E-state index in [0.29, 0.717) is 12.1 Å². The summed E-state index contributed by atoms with van der Waals surface area (Å²) < 4.78 is 6.28. The van der Waals surface area contributed by atoms with Gasteiger partial charge in [-0.3, -0.25) is 4.90 Å². The summed E-state index contributed by atoms with van der Waals surface area (Å²) in [6, 6.07) is 7.44. The maximum Gasteiger partial charge on any atom is 0.133 e. The number of nitrogens with zero attached hydrogens (tertiary/aromatic N) is 1. The molecule has 0 spiro atoms. The average molecular weight is 350 g/mol. The van der Waals surface area contributed by atoms with Crippen molar-refractivity contribution in [2.24, 2.45) is 0 Å². The lowest BCUT2D eigenvalue weighted by atomic mass is 10.1. The summed E-state index contributed by atoms with van der Waals surface area (Å²) in [6.07, 6.45) is 0. The van der Waals surface area contributed by atoms with Crippen LogP contribution in [-0.2, 0) is 6.54 Å². The first-order valence-electron chi connectivity index (χ1n) is 6.39. The van der Waals surface area contributed by atoms with Gasteiger partial charge in [0.15, 0.2) is 0 Å². The zero-order valence-electron chi connectivity index (χ0n) is 11.6. The van der Waals surface area contributed by atoms with E-state index in [1.807, 2.05) is 6.07 Å². The minimum Gasteiger partial charge on any atom is -0.496 e. The van der Waals surface area contributed by atoms with Gasteiger partial charge in [0.1, 0.15) is 5.75 Å². The van der Waals surface area contributed by atoms with Crippen molar-refractivity contribution in [3.05, 3.63) is 28.2 Å². The number of methoxy groups -OCH3 is 1. The van der Waals surface area contributed by atoms with Crippen molar-refractivity contribution >= 4 is 28.3 Å². The van der Waals surface area contributed by atoms with E-state index in [-0.39, 0.29) is 12.4 Å². The van der Waals surface area contributed by atoms with Crippen LogP contribution in [0.1, 0.15) is 19.4 Å². The first-order chi connectivity index (χ1) is 8.58. The Hall–Kier alpha value is -0.290. The highest BCUT2D eigenvalue weighted by atomic mass is 79.9. The molecule has 1 heterocycles. The van der Waals surface area contributed by atoms with Crippen LogP contribution < -0.4 is 10.1 Å². The molecule has 1 aromatic rings. The monoisotopic (exact) mass is 348 g/mol. The summed E-state index contributed by atoms with van der Waals surface area (Å²) in [7, 11) is 1.69. The smallest absolute Gasteiger partial charge is 0.133 e. The highest BCUT2D eigenvalue weighted by Crippen LogP contribution is 2.26. The van der Waals surface area contributed by atoms with Gasteiger partial charge in [-0.05, 0) is 47.5 Å². The minimum atomic E-state index is 0. The Morgan fingerprint density at radius 2 is 1.95 bits per heavy atom. The first kappa shape index (κ1) is 16.8. The molecule has 0 amide bonds. The lowest BCUT2D eigenvalue weighted by Crippen LogP contribution is -2.53. The molecule has 108 valence electrons. The molecule has 1 N–H and O–H groups in total. The maximum absolute atomic E-state index is 5.25. The molecule has 3 nitrogen and oxygen atoms in total. The normalized spacial score (nSPS) is 23.8. The van der Waals surface area contributed by atoms with Gasteiger partial charge in [0, 0.05) is 31.7 Å². The number of hydrogen-bond donors (Lipinski definition) is 1. The predicted molar refractivity (Wildman–Crippen MR) is 85.3 cm³/mol. The minimum absolute atomic E-state index is 0. The highest BCUT2D eigenvalue weighted by molar-refractivity contribution is 9.10. The molecule has 2 atom stereocenters. The Morgan fingerprint density at radius 3 is 2.47 bits per heavy atom. The second-order valence-electron chi connectivity index (χ2n) is 5.13. The van der Waals surface area contributed by atoms with Crippen molar-refractivity contribution in [2.75, 3.05) is 20.2 Å². The molecule has 2 rings (SSSR count). The van der Waals surface area contributed by atoms with Crippen LogP contribution in [0, 0.1) is 0 Å². The summed E-state index contributed by atoms with van der Waals surface area (Å²) >= 11 is 3.54. The molecule has 5 heteroatoms. The Labute approximate surface area is 130 Å². The summed E-state index contributed by atoms with van der Waals surface area (Å²) in [4.78, 5) is 2.50. The van der Waals surface area contributed by atoms with Gasteiger partial charge in [0.25, 0.3) is 0 Å². The summed E-state index contributed by atoms with van der Waals surface area (Å²) in [5.41, 5.74) is 1.32. The molecule has 0 radical (unpaired) electrons. The molecular formula is C14H22BrClN2O. The summed E-state index contributed by atoms with van der Waals surface area (Å²) in [5, 5.41) is 3.55. The molecule has 1 aromatic carbocycles. The molecule has 1 fully saturated rings. The second kappa shape index (κ2) is 7.48. The van der Waals surface area contributed by atoms with E-state index < -0.39 is 0 Å². The van der Waals surface area contributed by atoms with E-state index in [1.165, 1.54) is 5.56 Å². The molecular weight excluding hydrogens is 328 g/mol. The van der Waals surface area contributed by atoms with E-state index in [0.717, 1.165) is 29.9 Å². The highest BCUT2D eigenvalue weighted by Gasteiger charge is 2.20. The van der Waals surface area contributed by atoms with Crippen LogP contribution in [0.25, 0.3) is 0 Å². The van der Waals surface area contributed by atoms with Crippen molar-refractivity contribution < 1.29 is 4.74 Å². The van der Waals surface area contributed by atoms with Gasteiger partial charge < -0.3 is 10.1 Å². The summed E-state index contributed by atoms with van der Waals surface area (Å²) in [5.74, 6) is 0.890. The number of ether oxygens (including phenoxy) is 1. The predicted octanol–water partition coefficient (Wildman–Crippen LogP) is 3.06. The van der Waals surface area contributed by atoms with Crippen molar-refractivity contribution in [1.29, 1.82) is 0 Å². The van der Waals surface area contributed by atoms with E-state index in [1.54, 1.807) is 7.11 Å². The molecule has 2 unspecified atom stereocenters. The number of benzene rings is 1. The summed E-state index contributed by atoms with van der Waals surface area (Å²) in [6.45, 7) is 7.69. The van der Waals surface area contributed by atoms with Crippen LogP contribution in [0.3, 0.4) is 0 Å². The molecule has 0 saturated carbocycles.